The largest absolute Gasteiger partial charge is 0.465 e. The van der Waals surface area contributed by atoms with Gasteiger partial charge in [0, 0.05) is 11.0 Å². The molecular weight excluding hydrogens is 301 g/mol. The van der Waals surface area contributed by atoms with Gasteiger partial charge in [-0.15, -0.1) is 6.58 Å². The van der Waals surface area contributed by atoms with Crippen LogP contribution >= 0.6 is 15.9 Å². The second kappa shape index (κ2) is 7.28. The highest BCUT2D eigenvalue weighted by Gasteiger charge is 2.23. The fourth-order valence-electron chi connectivity index (χ4n) is 1.48. The normalized spacial score (nSPS) is 11.9. The van der Waals surface area contributed by atoms with Crippen LogP contribution in [0.5, 0.6) is 0 Å². The highest BCUT2D eigenvalue weighted by atomic mass is 79.9. The monoisotopic (exact) mass is 315 g/mol. The zero-order valence-electron chi connectivity index (χ0n) is 10.1. The quantitative estimate of drug-likeness (QED) is 0.648. The van der Waals surface area contributed by atoms with Crippen LogP contribution in [0.3, 0.4) is 0 Å². The van der Waals surface area contributed by atoms with E-state index < -0.39 is 17.8 Å². The van der Waals surface area contributed by atoms with Gasteiger partial charge in [0.1, 0.15) is 11.9 Å². The van der Waals surface area contributed by atoms with Crippen molar-refractivity contribution < 1.29 is 13.9 Å². The summed E-state index contributed by atoms with van der Waals surface area (Å²) in [4.78, 5) is 11.9. The molecule has 0 aromatic heterocycles. The Morgan fingerprint density at radius 1 is 1.67 bits per heavy atom. The standard InChI is InChI=1S/C13H15BrFNO2/c1-3-7-16-12(13(17)18-4-2)10-8-9(15)5-6-11(10)14/h3,5-6,8,12,16H,1,4,7H2,2H3. The molecule has 0 bridgehead atoms. The molecule has 98 valence electrons. The summed E-state index contributed by atoms with van der Waals surface area (Å²) >= 11 is 3.30. The van der Waals surface area contributed by atoms with E-state index in [-0.39, 0.29) is 6.61 Å². The number of ether oxygens (including phenoxy) is 1. The fraction of sp³-hybridized carbons (Fsp3) is 0.308. The van der Waals surface area contributed by atoms with Gasteiger partial charge in [-0.3, -0.25) is 5.32 Å². The van der Waals surface area contributed by atoms with Crippen molar-refractivity contribution in [3.05, 3.63) is 46.7 Å². The Labute approximate surface area is 114 Å². The lowest BCUT2D eigenvalue weighted by Crippen LogP contribution is -2.30. The summed E-state index contributed by atoms with van der Waals surface area (Å²) in [5.74, 6) is -0.839. The molecular formula is C13H15BrFNO2. The fourth-order valence-corrected chi connectivity index (χ4v) is 1.96. The lowest BCUT2D eigenvalue weighted by atomic mass is 10.1. The molecule has 1 atom stereocenters. The Kier molecular flexibility index (Phi) is 6.01. The lowest BCUT2D eigenvalue weighted by Gasteiger charge is -2.18. The predicted octanol–water partition coefficient (Wildman–Crippen LogP) is 2.97. The molecule has 0 saturated carbocycles. The zero-order chi connectivity index (χ0) is 13.5. The second-order valence-corrected chi connectivity index (χ2v) is 4.40. The lowest BCUT2D eigenvalue weighted by molar-refractivity contribution is -0.145. The van der Waals surface area contributed by atoms with Gasteiger partial charge in [0.25, 0.3) is 0 Å². The van der Waals surface area contributed by atoms with Crippen LogP contribution in [0.25, 0.3) is 0 Å². The molecule has 0 amide bonds. The van der Waals surface area contributed by atoms with Gasteiger partial charge in [-0.1, -0.05) is 22.0 Å². The van der Waals surface area contributed by atoms with E-state index in [2.05, 4.69) is 27.8 Å². The molecule has 1 aromatic rings. The molecule has 5 heteroatoms. The van der Waals surface area contributed by atoms with Gasteiger partial charge in [-0.25, -0.2) is 9.18 Å². The molecule has 1 rings (SSSR count). The van der Waals surface area contributed by atoms with Crippen LogP contribution in [-0.4, -0.2) is 19.1 Å². The molecule has 0 aliphatic rings. The van der Waals surface area contributed by atoms with E-state index in [4.69, 9.17) is 4.74 Å². The molecule has 0 radical (unpaired) electrons. The summed E-state index contributed by atoms with van der Waals surface area (Å²) in [5.41, 5.74) is 0.510. The molecule has 0 aliphatic carbocycles. The van der Waals surface area contributed by atoms with Gasteiger partial charge in [0.15, 0.2) is 0 Å². The number of halogens is 2. The first-order valence-corrected chi connectivity index (χ1v) is 6.35. The van der Waals surface area contributed by atoms with Crippen molar-refractivity contribution in [2.75, 3.05) is 13.2 Å². The first kappa shape index (κ1) is 14.9. The number of rotatable bonds is 6. The minimum Gasteiger partial charge on any atom is -0.465 e. The number of hydrogen-bond donors (Lipinski definition) is 1. The van der Waals surface area contributed by atoms with Crippen LogP contribution in [0.4, 0.5) is 4.39 Å². The van der Waals surface area contributed by atoms with Gasteiger partial charge < -0.3 is 4.74 Å². The van der Waals surface area contributed by atoms with Crippen LogP contribution in [0, 0.1) is 5.82 Å². The highest BCUT2D eigenvalue weighted by molar-refractivity contribution is 9.10. The van der Waals surface area contributed by atoms with Gasteiger partial charge >= 0.3 is 5.97 Å². The number of benzene rings is 1. The minimum absolute atomic E-state index is 0.276. The second-order valence-electron chi connectivity index (χ2n) is 3.55. The molecule has 3 nitrogen and oxygen atoms in total. The van der Waals surface area contributed by atoms with Crippen molar-refractivity contribution in [2.24, 2.45) is 0 Å². The number of nitrogens with one attached hydrogen (secondary N) is 1. The van der Waals surface area contributed by atoms with Gasteiger partial charge in [-0.05, 0) is 30.7 Å². The summed E-state index contributed by atoms with van der Waals surface area (Å²) in [7, 11) is 0. The molecule has 0 heterocycles. The van der Waals surface area contributed by atoms with E-state index >= 15 is 0 Å². The third kappa shape index (κ3) is 3.92. The van der Waals surface area contributed by atoms with E-state index in [1.807, 2.05) is 0 Å². The molecule has 1 aromatic carbocycles. The van der Waals surface area contributed by atoms with Crippen molar-refractivity contribution in [1.29, 1.82) is 0 Å². The molecule has 1 unspecified atom stereocenters. The first-order valence-electron chi connectivity index (χ1n) is 5.56. The average molecular weight is 316 g/mol. The Hall–Kier alpha value is -1.20. The van der Waals surface area contributed by atoms with Crippen molar-refractivity contribution in [2.45, 2.75) is 13.0 Å². The number of carbonyl (C=O) groups excluding carboxylic acids is 1. The number of hydrogen-bond acceptors (Lipinski definition) is 3. The maximum atomic E-state index is 13.3. The molecule has 0 aliphatic heterocycles. The Morgan fingerprint density at radius 3 is 3.00 bits per heavy atom. The summed E-state index contributed by atoms with van der Waals surface area (Å²) in [6.45, 7) is 6.00. The first-order chi connectivity index (χ1) is 8.60. The topological polar surface area (TPSA) is 38.3 Å². The Morgan fingerprint density at radius 2 is 2.39 bits per heavy atom. The van der Waals surface area contributed by atoms with E-state index in [1.54, 1.807) is 19.1 Å². The summed E-state index contributed by atoms with van der Waals surface area (Å²) in [6, 6.07) is 3.48. The van der Waals surface area contributed by atoms with Gasteiger partial charge in [0.05, 0.1) is 6.61 Å². The van der Waals surface area contributed by atoms with E-state index in [1.165, 1.54) is 12.1 Å². The van der Waals surface area contributed by atoms with E-state index in [0.717, 1.165) is 0 Å². The molecule has 0 spiro atoms. The average Bonchev–Trinajstić information content (AvgIpc) is 2.34. The van der Waals surface area contributed by atoms with Crippen LogP contribution in [0.1, 0.15) is 18.5 Å². The maximum absolute atomic E-state index is 13.3. The van der Waals surface area contributed by atoms with Crippen molar-refractivity contribution in [3.8, 4) is 0 Å². The third-order valence-corrected chi connectivity index (χ3v) is 2.98. The highest BCUT2D eigenvalue weighted by Crippen LogP contribution is 2.25. The summed E-state index contributed by atoms with van der Waals surface area (Å²) in [6.07, 6.45) is 1.62. The Balaban J connectivity index is 3.03. The summed E-state index contributed by atoms with van der Waals surface area (Å²) in [5, 5.41) is 2.95. The van der Waals surface area contributed by atoms with Gasteiger partial charge in [-0.2, -0.15) is 0 Å². The summed E-state index contributed by atoms with van der Waals surface area (Å²) < 4.78 is 18.9. The van der Waals surface area contributed by atoms with Crippen LogP contribution in [0.15, 0.2) is 35.3 Å². The van der Waals surface area contributed by atoms with Crippen LogP contribution in [-0.2, 0) is 9.53 Å². The zero-order valence-corrected chi connectivity index (χ0v) is 11.7. The number of carbonyl (C=O) groups is 1. The molecule has 1 N–H and O–H groups in total. The predicted molar refractivity (Wildman–Crippen MR) is 71.7 cm³/mol. The molecule has 18 heavy (non-hydrogen) atoms. The smallest absolute Gasteiger partial charge is 0.327 e. The SMILES string of the molecule is C=CCNC(C(=O)OCC)c1cc(F)ccc1Br. The molecule has 0 saturated heterocycles. The number of esters is 1. The van der Waals surface area contributed by atoms with Crippen molar-refractivity contribution in [3.63, 3.8) is 0 Å². The van der Waals surface area contributed by atoms with Gasteiger partial charge in [0.2, 0.25) is 0 Å². The van der Waals surface area contributed by atoms with E-state index in [0.29, 0.717) is 16.6 Å². The van der Waals surface area contributed by atoms with Crippen molar-refractivity contribution >= 4 is 21.9 Å². The van der Waals surface area contributed by atoms with Crippen molar-refractivity contribution in [1.82, 2.24) is 5.32 Å². The Bertz CT molecular complexity index is 437. The van der Waals surface area contributed by atoms with E-state index in [9.17, 15) is 9.18 Å². The molecule has 0 fully saturated rings. The minimum atomic E-state index is -0.715. The third-order valence-electron chi connectivity index (χ3n) is 2.26. The van der Waals surface area contributed by atoms with Crippen LogP contribution < -0.4 is 5.32 Å². The maximum Gasteiger partial charge on any atom is 0.327 e. The van der Waals surface area contributed by atoms with Crippen LogP contribution in [0.2, 0.25) is 0 Å².